The van der Waals surface area contributed by atoms with Gasteiger partial charge in [0.1, 0.15) is 0 Å². The number of rotatable bonds is 2. The van der Waals surface area contributed by atoms with Gasteiger partial charge >= 0.3 is 0 Å². The SMILES string of the molecule is CCC(=O)N1CCCN(C(=O)C2(C)CCCN2)CC1. The van der Waals surface area contributed by atoms with Crippen molar-refractivity contribution in [3.05, 3.63) is 0 Å². The van der Waals surface area contributed by atoms with E-state index in [1.54, 1.807) is 0 Å². The van der Waals surface area contributed by atoms with E-state index >= 15 is 0 Å². The lowest BCUT2D eigenvalue weighted by Gasteiger charge is -2.31. The largest absolute Gasteiger partial charge is 0.341 e. The number of hydrogen-bond acceptors (Lipinski definition) is 3. The van der Waals surface area contributed by atoms with Gasteiger partial charge in [0.2, 0.25) is 11.8 Å². The third-order valence-electron chi connectivity index (χ3n) is 4.28. The Kier molecular flexibility index (Phi) is 4.45. The Hall–Kier alpha value is -1.10. The summed E-state index contributed by atoms with van der Waals surface area (Å²) in [5.74, 6) is 0.398. The van der Waals surface area contributed by atoms with Crippen molar-refractivity contribution < 1.29 is 9.59 Å². The van der Waals surface area contributed by atoms with Gasteiger partial charge in [-0.15, -0.1) is 0 Å². The molecule has 5 nitrogen and oxygen atoms in total. The van der Waals surface area contributed by atoms with Crippen molar-refractivity contribution in [1.29, 1.82) is 0 Å². The topological polar surface area (TPSA) is 52.7 Å². The number of amides is 2. The third-order valence-corrected chi connectivity index (χ3v) is 4.28. The van der Waals surface area contributed by atoms with Gasteiger partial charge in [0, 0.05) is 32.6 Å². The van der Waals surface area contributed by atoms with Crippen molar-refractivity contribution in [3.8, 4) is 0 Å². The van der Waals surface area contributed by atoms with Gasteiger partial charge < -0.3 is 15.1 Å². The van der Waals surface area contributed by atoms with Gasteiger partial charge in [-0.05, 0) is 32.7 Å². The summed E-state index contributed by atoms with van der Waals surface area (Å²) in [6.07, 6.45) is 3.41. The summed E-state index contributed by atoms with van der Waals surface area (Å²) in [5.41, 5.74) is -0.385. The normalized spacial score (nSPS) is 28.3. The Labute approximate surface area is 115 Å². The van der Waals surface area contributed by atoms with Crippen LogP contribution in [0.5, 0.6) is 0 Å². The maximum atomic E-state index is 12.6. The zero-order valence-corrected chi connectivity index (χ0v) is 12.1. The zero-order valence-electron chi connectivity index (χ0n) is 12.1. The zero-order chi connectivity index (χ0) is 13.9. The standard InChI is InChI=1S/C14H25N3O2/c1-3-12(18)16-8-5-9-17(11-10-16)13(19)14(2)6-4-7-15-14/h15H,3-11H2,1-2H3. The average Bonchev–Trinajstić information content (AvgIpc) is 2.73. The monoisotopic (exact) mass is 267 g/mol. The quantitative estimate of drug-likeness (QED) is 0.797. The van der Waals surface area contributed by atoms with Crippen molar-refractivity contribution in [2.24, 2.45) is 0 Å². The van der Waals surface area contributed by atoms with Crippen molar-refractivity contribution in [2.75, 3.05) is 32.7 Å². The predicted molar refractivity (Wildman–Crippen MR) is 73.7 cm³/mol. The minimum atomic E-state index is -0.385. The van der Waals surface area contributed by atoms with Crippen molar-refractivity contribution in [1.82, 2.24) is 15.1 Å². The second-order valence-corrected chi connectivity index (χ2v) is 5.74. The molecule has 0 bridgehead atoms. The summed E-state index contributed by atoms with van der Waals surface area (Å²) in [5, 5.41) is 3.32. The van der Waals surface area contributed by atoms with E-state index in [4.69, 9.17) is 0 Å². The van der Waals surface area contributed by atoms with Crippen LogP contribution in [-0.4, -0.2) is 59.9 Å². The Morgan fingerprint density at radius 2 is 1.79 bits per heavy atom. The van der Waals surface area contributed by atoms with Crippen LogP contribution in [0.25, 0.3) is 0 Å². The summed E-state index contributed by atoms with van der Waals surface area (Å²) in [7, 11) is 0. The van der Waals surface area contributed by atoms with E-state index in [9.17, 15) is 9.59 Å². The fourth-order valence-electron chi connectivity index (χ4n) is 3.02. The maximum absolute atomic E-state index is 12.6. The van der Waals surface area contributed by atoms with Gasteiger partial charge in [0.05, 0.1) is 5.54 Å². The van der Waals surface area contributed by atoms with Crippen LogP contribution in [0, 0.1) is 0 Å². The second kappa shape index (κ2) is 5.90. The molecule has 2 aliphatic heterocycles. The molecular formula is C14H25N3O2. The first-order chi connectivity index (χ1) is 9.07. The molecule has 0 aliphatic carbocycles. The van der Waals surface area contributed by atoms with Crippen LogP contribution in [0.3, 0.4) is 0 Å². The highest BCUT2D eigenvalue weighted by Gasteiger charge is 2.39. The molecule has 1 unspecified atom stereocenters. The highest BCUT2D eigenvalue weighted by Crippen LogP contribution is 2.22. The van der Waals surface area contributed by atoms with Crippen LogP contribution in [0.2, 0.25) is 0 Å². The average molecular weight is 267 g/mol. The second-order valence-electron chi connectivity index (χ2n) is 5.74. The van der Waals surface area contributed by atoms with Crippen molar-refractivity contribution in [2.45, 2.75) is 45.1 Å². The molecule has 0 aromatic rings. The van der Waals surface area contributed by atoms with Gasteiger partial charge in [0.15, 0.2) is 0 Å². The molecule has 1 atom stereocenters. The summed E-state index contributed by atoms with van der Waals surface area (Å²) in [6, 6.07) is 0. The summed E-state index contributed by atoms with van der Waals surface area (Å²) < 4.78 is 0. The fraction of sp³-hybridized carbons (Fsp3) is 0.857. The Morgan fingerprint density at radius 1 is 1.11 bits per heavy atom. The highest BCUT2D eigenvalue weighted by molar-refractivity contribution is 5.86. The maximum Gasteiger partial charge on any atom is 0.242 e. The number of carbonyl (C=O) groups excluding carboxylic acids is 2. The van der Waals surface area contributed by atoms with E-state index in [1.807, 2.05) is 23.6 Å². The van der Waals surface area contributed by atoms with Crippen molar-refractivity contribution in [3.63, 3.8) is 0 Å². The van der Waals surface area contributed by atoms with Gasteiger partial charge in [-0.2, -0.15) is 0 Å². The lowest BCUT2D eigenvalue weighted by molar-refractivity contribution is -0.137. The van der Waals surface area contributed by atoms with Gasteiger partial charge in [-0.1, -0.05) is 6.92 Å². The molecule has 2 heterocycles. The fourth-order valence-corrected chi connectivity index (χ4v) is 3.02. The Balaban J connectivity index is 1.95. The number of hydrogen-bond donors (Lipinski definition) is 1. The first-order valence-electron chi connectivity index (χ1n) is 7.39. The molecular weight excluding hydrogens is 242 g/mol. The number of carbonyl (C=O) groups is 2. The number of nitrogens with one attached hydrogen (secondary N) is 1. The van der Waals surface area contributed by atoms with Crippen LogP contribution >= 0.6 is 0 Å². The van der Waals surface area contributed by atoms with E-state index in [2.05, 4.69) is 5.32 Å². The minimum Gasteiger partial charge on any atom is -0.341 e. The van der Waals surface area contributed by atoms with Crippen LogP contribution in [0.4, 0.5) is 0 Å². The molecule has 5 heteroatoms. The van der Waals surface area contributed by atoms with Crippen molar-refractivity contribution >= 4 is 11.8 Å². The molecule has 19 heavy (non-hydrogen) atoms. The van der Waals surface area contributed by atoms with Crippen LogP contribution in [0.15, 0.2) is 0 Å². The first-order valence-corrected chi connectivity index (χ1v) is 7.39. The van der Waals surface area contributed by atoms with E-state index < -0.39 is 0 Å². The number of nitrogens with zero attached hydrogens (tertiary/aromatic N) is 2. The molecule has 0 spiro atoms. The van der Waals surface area contributed by atoms with Crippen LogP contribution < -0.4 is 5.32 Å². The smallest absolute Gasteiger partial charge is 0.242 e. The third kappa shape index (κ3) is 3.08. The molecule has 2 amide bonds. The Bertz CT molecular complexity index is 351. The molecule has 2 fully saturated rings. The van der Waals surface area contributed by atoms with Gasteiger partial charge in [-0.3, -0.25) is 9.59 Å². The van der Waals surface area contributed by atoms with Gasteiger partial charge in [-0.25, -0.2) is 0 Å². The predicted octanol–water partition coefficient (Wildman–Crippen LogP) is 0.599. The van der Waals surface area contributed by atoms with E-state index in [0.29, 0.717) is 19.5 Å². The van der Waals surface area contributed by atoms with E-state index in [-0.39, 0.29) is 17.4 Å². The lowest BCUT2D eigenvalue weighted by Crippen LogP contribution is -2.53. The molecule has 2 rings (SSSR count). The molecule has 0 radical (unpaired) electrons. The van der Waals surface area contributed by atoms with Gasteiger partial charge in [0.25, 0.3) is 0 Å². The lowest BCUT2D eigenvalue weighted by atomic mass is 9.98. The summed E-state index contributed by atoms with van der Waals surface area (Å²) in [4.78, 5) is 28.1. The van der Waals surface area contributed by atoms with Crippen LogP contribution in [-0.2, 0) is 9.59 Å². The first kappa shape index (κ1) is 14.3. The van der Waals surface area contributed by atoms with Crippen LogP contribution in [0.1, 0.15) is 39.5 Å². The minimum absolute atomic E-state index is 0.194. The highest BCUT2D eigenvalue weighted by atomic mass is 16.2. The molecule has 108 valence electrons. The van der Waals surface area contributed by atoms with E-state index in [1.165, 1.54) is 0 Å². The molecule has 0 saturated carbocycles. The summed E-state index contributed by atoms with van der Waals surface area (Å²) in [6.45, 7) is 7.71. The Morgan fingerprint density at radius 3 is 2.42 bits per heavy atom. The molecule has 1 N–H and O–H groups in total. The molecule has 0 aromatic heterocycles. The van der Waals surface area contributed by atoms with E-state index in [0.717, 1.165) is 38.9 Å². The molecule has 2 aliphatic rings. The molecule has 0 aromatic carbocycles. The molecule has 2 saturated heterocycles. The summed E-state index contributed by atoms with van der Waals surface area (Å²) >= 11 is 0.